The van der Waals surface area contributed by atoms with E-state index in [1.165, 1.54) is 15.8 Å². The van der Waals surface area contributed by atoms with E-state index in [0.717, 1.165) is 17.3 Å². The number of amides is 2. The maximum atomic E-state index is 13.4. The number of nitrogens with zero attached hydrogens (tertiary/aromatic N) is 5. The summed E-state index contributed by atoms with van der Waals surface area (Å²) in [5, 5.41) is 13.7. The number of nitrogens with one attached hydrogen (secondary N) is 1. The van der Waals surface area contributed by atoms with Crippen LogP contribution in [0, 0.1) is 18.8 Å². The van der Waals surface area contributed by atoms with E-state index < -0.39 is 11.9 Å². The van der Waals surface area contributed by atoms with Crippen molar-refractivity contribution in [3.63, 3.8) is 0 Å². The first-order valence-corrected chi connectivity index (χ1v) is 12.8. The molecule has 2 amide bonds. The molecule has 208 valence electrons. The lowest BCUT2D eigenvalue weighted by atomic mass is 9.93. The number of hydrogen-bond acceptors (Lipinski definition) is 6. The van der Waals surface area contributed by atoms with Gasteiger partial charge in [-0.25, -0.2) is 15.0 Å². The summed E-state index contributed by atoms with van der Waals surface area (Å²) in [5.74, 6) is -0.0223. The minimum atomic E-state index is -4.58. The molecule has 5 rings (SSSR count). The summed E-state index contributed by atoms with van der Waals surface area (Å²) in [6, 6.07) is 11.7. The molecule has 2 aliphatic rings. The minimum Gasteiger partial charge on any atom is -0.465 e. The summed E-state index contributed by atoms with van der Waals surface area (Å²) in [6.45, 7) is 5.56. The minimum absolute atomic E-state index is 0.00678. The molecule has 1 aromatic carbocycles. The first-order valence-electron chi connectivity index (χ1n) is 12.8. The number of halogens is 3. The number of carbonyl (C=O) groups excluding carboxylic acids is 2. The van der Waals surface area contributed by atoms with Crippen LogP contribution in [0.2, 0.25) is 0 Å². The number of ether oxygens (including phenoxy) is 1. The van der Waals surface area contributed by atoms with E-state index in [1.807, 2.05) is 26.0 Å². The molecular formula is C28H27F3N6O3. The van der Waals surface area contributed by atoms with Crippen LogP contribution in [-0.4, -0.2) is 44.4 Å². The SMILES string of the molecule is Cc1ccc(C2=NN(C/C=C/Oc3ccc(C4=NNC(=O)CC4C)cc3)C(=O)CC2C)c2cc(C(F)(F)F)nn12. The molecule has 0 bridgehead atoms. The molecule has 1 N–H and O–H groups in total. The largest absolute Gasteiger partial charge is 0.465 e. The Morgan fingerprint density at radius 1 is 1.05 bits per heavy atom. The van der Waals surface area contributed by atoms with Gasteiger partial charge in [-0.1, -0.05) is 13.8 Å². The third kappa shape index (κ3) is 5.47. The molecule has 0 radical (unpaired) electrons. The second-order valence-electron chi connectivity index (χ2n) is 9.93. The number of hydrogen-bond donors (Lipinski definition) is 1. The first kappa shape index (κ1) is 27.1. The maximum absolute atomic E-state index is 13.4. The van der Waals surface area contributed by atoms with Gasteiger partial charge in [0.25, 0.3) is 0 Å². The number of pyridine rings is 1. The van der Waals surface area contributed by atoms with Gasteiger partial charge in [-0.05, 0) is 61.0 Å². The van der Waals surface area contributed by atoms with Crippen LogP contribution in [0.4, 0.5) is 13.2 Å². The number of benzene rings is 1. The van der Waals surface area contributed by atoms with Crippen molar-refractivity contribution in [2.75, 3.05) is 6.54 Å². The van der Waals surface area contributed by atoms with Gasteiger partial charge in [0.2, 0.25) is 11.8 Å². The van der Waals surface area contributed by atoms with Crippen molar-refractivity contribution in [1.29, 1.82) is 0 Å². The topological polar surface area (TPSA) is 101 Å². The van der Waals surface area contributed by atoms with Crippen LogP contribution in [0.25, 0.3) is 5.52 Å². The predicted octanol–water partition coefficient (Wildman–Crippen LogP) is 4.69. The summed E-state index contributed by atoms with van der Waals surface area (Å²) >= 11 is 0. The van der Waals surface area contributed by atoms with Crippen molar-refractivity contribution >= 4 is 28.8 Å². The van der Waals surface area contributed by atoms with Crippen molar-refractivity contribution in [2.45, 2.75) is 39.8 Å². The lowest BCUT2D eigenvalue weighted by molar-refractivity contribution is -0.141. The maximum Gasteiger partial charge on any atom is 0.435 e. The van der Waals surface area contributed by atoms with Crippen molar-refractivity contribution in [1.82, 2.24) is 20.0 Å². The molecule has 2 aliphatic heterocycles. The number of carbonyl (C=O) groups is 2. The van der Waals surface area contributed by atoms with E-state index >= 15 is 0 Å². The number of fused-ring (bicyclic) bond motifs is 1. The number of alkyl halides is 3. The number of rotatable bonds is 6. The Labute approximate surface area is 228 Å². The Morgan fingerprint density at radius 2 is 1.77 bits per heavy atom. The van der Waals surface area contributed by atoms with Gasteiger partial charge in [0.15, 0.2) is 5.69 Å². The number of aromatic nitrogens is 2. The Bertz CT molecular complexity index is 1560. The fourth-order valence-electron chi connectivity index (χ4n) is 4.74. The van der Waals surface area contributed by atoms with Crippen molar-refractivity contribution in [3.8, 4) is 5.75 Å². The number of hydrazone groups is 2. The highest BCUT2D eigenvalue weighted by molar-refractivity contribution is 6.10. The fraction of sp³-hybridized carbons (Fsp3) is 0.321. The second-order valence-corrected chi connectivity index (χ2v) is 9.93. The first-order chi connectivity index (χ1) is 19.0. The molecule has 40 heavy (non-hydrogen) atoms. The molecule has 2 aromatic heterocycles. The molecule has 3 aromatic rings. The highest BCUT2D eigenvalue weighted by Gasteiger charge is 2.35. The molecule has 9 nitrogen and oxygen atoms in total. The van der Waals surface area contributed by atoms with Gasteiger partial charge in [-0.2, -0.15) is 28.5 Å². The highest BCUT2D eigenvalue weighted by Crippen LogP contribution is 2.31. The summed E-state index contributed by atoms with van der Waals surface area (Å²) < 4.78 is 47.0. The summed E-state index contributed by atoms with van der Waals surface area (Å²) in [5.41, 5.74) is 5.03. The smallest absolute Gasteiger partial charge is 0.435 e. The van der Waals surface area contributed by atoms with Gasteiger partial charge < -0.3 is 4.74 Å². The van der Waals surface area contributed by atoms with Gasteiger partial charge in [0.05, 0.1) is 29.7 Å². The molecule has 0 fully saturated rings. The highest BCUT2D eigenvalue weighted by atomic mass is 19.4. The lowest BCUT2D eigenvalue weighted by Crippen LogP contribution is -2.36. The average molecular weight is 553 g/mol. The van der Waals surface area contributed by atoms with E-state index in [-0.39, 0.29) is 42.1 Å². The Hall–Kier alpha value is -4.48. The van der Waals surface area contributed by atoms with Crippen LogP contribution in [0.5, 0.6) is 5.75 Å². The molecule has 4 heterocycles. The van der Waals surface area contributed by atoms with E-state index in [1.54, 1.807) is 37.3 Å². The molecule has 2 unspecified atom stereocenters. The van der Waals surface area contributed by atoms with Gasteiger partial charge in [-0.15, -0.1) is 0 Å². The zero-order valence-electron chi connectivity index (χ0n) is 22.1. The van der Waals surface area contributed by atoms with E-state index in [9.17, 15) is 22.8 Å². The van der Waals surface area contributed by atoms with Gasteiger partial charge in [0, 0.05) is 35.9 Å². The van der Waals surface area contributed by atoms with Crippen molar-refractivity contribution in [2.24, 2.45) is 22.0 Å². The molecule has 12 heteroatoms. The van der Waals surface area contributed by atoms with Crippen molar-refractivity contribution < 1.29 is 27.5 Å². The number of aryl methyl sites for hydroxylation is 1. The van der Waals surface area contributed by atoms with E-state index in [4.69, 9.17) is 4.74 Å². The molecule has 0 spiro atoms. The standard InChI is InChI=1S/C28H27F3N6O3/c1-16-13-24(38)32-33-26(16)19-6-8-20(9-7-19)40-12-4-11-36-25(39)14-17(2)27(35-36)21-10-5-18(3)37-22(21)15-23(34-37)28(29,30)31/h4-10,12,15-17H,11,13-14H2,1-3H3,(H,32,38)/b12-4+. The molecule has 0 aliphatic carbocycles. The zero-order chi connectivity index (χ0) is 28.6. The van der Waals surface area contributed by atoms with Crippen LogP contribution in [0.1, 0.15) is 49.2 Å². The van der Waals surface area contributed by atoms with Gasteiger partial charge in [0.1, 0.15) is 5.75 Å². The summed E-state index contributed by atoms with van der Waals surface area (Å²) in [4.78, 5) is 24.1. The molecule has 0 saturated heterocycles. The lowest BCUT2D eigenvalue weighted by Gasteiger charge is -2.27. The van der Waals surface area contributed by atoms with E-state index in [2.05, 4.69) is 20.7 Å². The molecule has 2 atom stereocenters. The van der Waals surface area contributed by atoms with Crippen LogP contribution in [0.15, 0.2) is 65.0 Å². The zero-order valence-corrected chi connectivity index (χ0v) is 22.1. The fourth-order valence-corrected chi connectivity index (χ4v) is 4.74. The molecule has 0 saturated carbocycles. The van der Waals surface area contributed by atoms with Crippen molar-refractivity contribution in [3.05, 3.63) is 77.3 Å². The summed E-state index contributed by atoms with van der Waals surface area (Å²) in [6.07, 6.45) is -0.949. The Kier molecular flexibility index (Phi) is 7.17. The van der Waals surface area contributed by atoms with Crippen LogP contribution < -0.4 is 10.2 Å². The molecular weight excluding hydrogens is 525 g/mol. The second kappa shape index (κ2) is 10.6. The van der Waals surface area contributed by atoms with Crippen LogP contribution in [-0.2, 0) is 15.8 Å². The quantitative estimate of drug-likeness (QED) is 0.449. The Morgan fingerprint density at radius 3 is 2.48 bits per heavy atom. The average Bonchev–Trinajstić information content (AvgIpc) is 3.36. The monoisotopic (exact) mass is 552 g/mol. The predicted molar refractivity (Wildman–Crippen MR) is 142 cm³/mol. The summed E-state index contributed by atoms with van der Waals surface area (Å²) in [7, 11) is 0. The third-order valence-corrected chi connectivity index (χ3v) is 6.83. The van der Waals surface area contributed by atoms with Crippen LogP contribution in [0.3, 0.4) is 0 Å². The van der Waals surface area contributed by atoms with Gasteiger partial charge >= 0.3 is 6.18 Å². The van der Waals surface area contributed by atoms with Crippen LogP contribution >= 0.6 is 0 Å². The Balaban J connectivity index is 1.30. The van der Waals surface area contributed by atoms with Gasteiger partial charge in [-0.3, -0.25) is 9.59 Å². The normalized spacial score (nSPS) is 20.1. The van der Waals surface area contributed by atoms with E-state index in [0.29, 0.717) is 29.1 Å². The third-order valence-electron chi connectivity index (χ3n) is 6.83.